The lowest BCUT2D eigenvalue weighted by atomic mass is 10.0. The molecule has 12 heavy (non-hydrogen) atoms. The summed E-state index contributed by atoms with van der Waals surface area (Å²) in [7, 11) is 0. The number of rotatable bonds is 3. The first kappa shape index (κ1) is 7.34. The van der Waals surface area contributed by atoms with Crippen molar-refractivity contribution in [2.24, 2.45) is 29.4 Å². The SMILES string of the molecule is NCCNC1C2C3CCC(C3)C12. The van der Waals surface area contributed by atoms with Gasteiger partial charge in [0.1, 0.15) is 0 Å². The standard InChI is InChI=1S/C10H18N2/c11-3-4-12-10-8-6-1-2-7(5-6)9(8)10/h6-10,12H,1-5,11H2. The molecule has 68 valence electrons. The Hall–Kier alpha value is -0.0800. The fourth-order valence-electron chi connectivity index (χ4n) is 3.85. The lowest BCUT2D eigenvalue weighted by molar-refractivity contribution is 0.456. The van der Waals surface area contributed by atoms with Crippen LogP contribution < -0.4 is 11.1 Å². The molecule has 3 saturated carbocycles. The zero-order chi connectivity index (χ0) is 8.13. The van der Waals surface area contributed by atoms with Crippen LogP contribution in [-0.4, -0.2) is 19.1 Å². The van der Waals surface area contributed by atoms with Crippen LogP contribution in [0.5, 0.6) is 0 Å². The molecule has 3 N–H and O–H groups in total. The molecule has 0 aromatic heterocycles. The van der Waals surface area contributed by atoms with E-state index in [1.807, 2.05) is 0 Å². The molecule has 0 saturated heterocycles. The summed E-state index contributed by atoms with van der Waals surface area (Å²) in [5.74, 6) is 4.32. The van der Waals surface area contributed by atoms with Crippen molar-refractivity contribution < 1.29 is 0 Å². The Kier molecular flexibility index (Phi) is 1.50. The van der Waals surface area contributed by atoms with Gasteiger partial charge in [-0.25, -0.2) is 0 Å². The average Bonchev–Trinajstić information content (AvgIpc) is 2.52. The number of nitrogens with one attached hydrogen (secondary N) is 1. The van der Waals surface area contributed by atoms with Crippen LogP contribution in [0.25, 0.3) is 0 Å². The smallest absolute Gasteiger partial charge is 0.0136 e. The van der Waals surface area contributed by atoms with Gasteiger partial charge >= 0.3 is 0 Å². The summed E-state index contributed by atoms with van der Waals surface area (Å²) >= 11 is 0. The molecule has 0 aliphatic heterocycles. The van der Waals surface area contributed by atoms with Gasteiger partial charge in [0.25, 0.3) is 0 Å². The lowest BCUT2D eigenvalue weighted by Gasteiger charge is -2.08. The first-order valence-corrected chi connectivity index (χ1v) is 5.35. The first-order valence-electron chi connectivity index (χ1n) is 5.35. The van der Waals surface area contributed by atoms with Crippen molar-refractivity contribution in [3.8, 4) is 0 Å². The van der Waals surface area contributed by atoms with Gasteiger partial charge < -0.3 is 11.1 Å². The van der Waals surface area contributed by atoms with Crippen LogP contribution in [0, 0.1) is 23.7 Å². The number of hydrogen-bond acceptors (Lipinski definition) is 2. The van der Waals surface area contributed by atoms with Crippen LogP contribution in [0.15, 0.2) is 0 Å². The van der Waals surface area contributed by atoms with E-state index in [2.05, 4.69) is 5.32 Å². The van der Waals surface area contributed by atoms with Gasteiger partial charge in [-0.15, -0.1) is 0 Å². The van der Waals surface area contributed by atoms with Gasteiger partial charge in [0.2, 0.25) is 0 Å². The van der Waals surface area contributed by atoms with Crippen LogP contribution in [0.4, 0.5) is 0 Å². The second kappa shape index (κ2) is 2.46. The van der Waals surface area contributed by atoms with Crippen molar-refractivity contribution in [1.29, 1.82) is 0 Å². The molecule has 0 amide bonds. The van der Waals surface area contributed by atoms with Crippen LogP contribution in [-0.2, 0) is 0 Å². The molecule has 3 rings (SSSR count). The molecule has 3 aliphatic rings. The maximum atomic E-state index is 5.48. The predicted molar refractivity (Wildman–Crippen MR) is 48.7 cm³/mol. The van der Waals surface area contributed by atoms with Gasteiger partial charge in [0.15, 0.2) is 0 Å². The van der Waals surface area contributed by atoms with E-state index in [1.165, 1.54) is 12.8 Å². The highest BCUT2D eigenvalue weighted by molar-refractivity contribution is 5.16. The molecule has 3 aliphatic carbocycles. The third-order valence-electron chi connectivity index (χ3n) is 4.26. The lowest BCUT2D eigenvalue weighted by Crippen LogP contribution is -2.28. The predicted octanol–water partition coefficient (Wildman–Crippen LogP) is 0.579. The number of nitrogens with two attached hydrogens (primary N) is 1. The zero-order valence-electron chi connectivity index (χ0n) is 7.50. The number of hydrogen-bond donors (Lipinski definition) is 2. The van der Waals surface area contributed by atoms with Crippen molar-refractivity contribution in [1.82, 2.24) is 5.32 Å². The summed E-state index contributed by atoms with van der Waals surface area (Å²) in [6.45, 7) is 1.82. The summed E-state index contributed by atoms with van der Waals surface area (Å²) in [5.41, 5.74) is 5.48. The van der Waals surface area contributed by atoms with Crippen LogP contribution in [0.3, 0.4) is 0 Å². The fraction of sp³-hybridized carbons (Fsp3) is 1.00. The minimum atomic E-state index is 0.797. The summed E-state index contributed by atoms with van der Waals surface area (Å²) in [6.07, 6.45) is 4.59. The molecular weight excluding hydrogens is 148 g/mol. The molecule has 3 fully saturated rings. The summed E-state index contributed by atoms with van der Waals surface area (Å²) < 4.78 is 0. The van der Waals surface area contributed by atoms with Crippen molar-refractivity contribution in [3.05, 3.63) is 0 Å². The quantitative estimate of drug-likeness (QED) is 0.643. The zero-order valence-corrected chi connectivity index (χ0v) is 7.50. The van der Waals surface area contributed by atoms with Crippen LogP contribution in [0.2, 0.25) is 0 Å². The third kappa shape index (κ3) is 0.826. The molecule has 0 spiro atoms. The van der Waals surface area contributed by atoms with Gasteiger partial charge in [0.05, 0.1) is 0 Å². The highest BCUT2D eigenvalue weighted by atomic mass is 15.0. The molecule has 2 bridgehead atoms. The molecule has 2 heteroatoms. The Morgan fingerprint density at radius 3 is 2.42 bits per heavy atom. The van der Waals surface area contributed by atoms with E-state index in [9.17, 15) is 0 Å². The van der Waals surface area contributed by atoms with Crippen LogP contribution >= 0.6 is 0 Å². The van der Waals surface area contributed by atoms with Gasteiger partial charge in [-0.2, -0.15) is 0 Å². The van der Waals surface area contributed by atoms with Gasteiger partial charge in [0, 0.05) is 19.1 Å². The van der Waals surface area contributed by atoms with E-state index in [0.29, 0.717) is 0 Å². The monoisotopic (exact) mass is 166 g/mol. The minimum Gasteiger partial charge on any atom is -0.329 e. The second-order valence-corrected chi connectivity index (χ2v) is 4.76. The summed E-state index contributed by atoms with van der Waals surface area (Å²) in [5, 5.41) is 3.58. The van der Waals surface area contributed by atoms with E-state index in [0.717, 1.165) is 42.8 Å². The van der Waals surface area contributed by atoms with E-state index in [-0.39, 0.29) is 0 Å². The maximum absolute atomic E-state index is 5.48. The van der Waals surface area contributed by atoms with Gasteiger partial charge in [-0.05, 0) is 42.9 Å². The van der Waals surface area contributed by atoms with Crippen molar-refractivity contribution in [2.75, 3.05) is 13.1 Å². The van der Waals surface area contributed by atoms with Crippen LogP contribution in [0.1, 0.15) is 19.3 Å². The Morgan fingerprint density at radius 2 is 1.83 bits per heavy atom. The van der Waals surface area contributed by atoms with E-state index in [4.69, 9.17) is 5.73 Å². The molecular formula is C10H18N2. The summed E-state index contributed by atoms with van der Waals surface area (Å²) in [6, 6.07) is 0.875. The normalized spacial score (nSPS) is 54.2. The molecule has 2 nitrogen and oxygen atoms in total. The molecule has 0 aromatic carbocycles. The topological polar surface area (TPSA) is 38.0 Å². The molecule has 4 atom stereocenters. The first-order chi connectivity index (χ1) is 5.92. The Bertz CT molecular complexity index is 176. The average molecular weight is 166 g/mol. The van der Waals surface area contributed by atoms with Crippen molar-refractivity contribution in [2.45, 2.75) is 25.3 Å². The second-order valence-electron chi connectivity index (χ2n) is 4.76. The molecule has 0 heterocycles. The Labute approximate surface area is 73.9 Å². The van der Waals surface area contributed by atoms with E-state index in [1.54, 1.807) is 6.42 Å². The highest BCUT2D eigenvalue weighted by Gasteiger charge is 2.64. The van der Waals surface area contributed by atoms with E-state index < -0.39 is 0 Å². The molecule has 0 radical (unpaired) electrons. The minimum absolute atomic E-state index is 0.797. The third-order valence-corrected chi connectivity index (χ3v) is 4.26. The van der Waals surface area contributed by atoms with Gasteiger partial charge in [-0.1, -0.05) is 0 Å². The summed E-state index contributed by atoms with van der Waals surface area (Å²) in [4.78, 5) is 0. The number of fused-ring (bicyclic) bond motifs is 5. The molecule has 4 unspecified atom stereocenters. The van der Waals surface area contributed by atoms with Gasteiger partial charge in [-0.3, -0.25) is 0 Å². The Balaban J connectivity index is 1.60. The maximum Gasteiger partial charge on any atom is 0.0136 e. The largest absolute Gasteiger partial charge is 0.329 e. The highest BCUT2D eigenvalue weighted by Crippen LogP contribution is 2.65. The Morgan fingerprint density at radius 1 is 1.17 bits per heavy atom. The molecule has 0 aromatic rings. The fourth-order valence-corrected chi connectivity index (χ4v) is 3.85. The van der Waals surface area contributed by atoms with E-state index >= 15 is 0 Å². The van der Waals surface area contributed by atoms with Crippen molar-refractivity contribution in [3.63, 3.8) is 0 Å². The van der Waals surface area contributed by atoms with Crippen molar-refractivity contribution >= 4 is 0 Å².